The van der Waals surface area contributed by atoms with Crippen LogP contribution in [-0.2, 0) is 23.9 Å². The Hall–Kier alpha value is -5.94. The minimum Gasteiger partial charge on any atom is -0.493 e. The Balaban J connectivity index is 0.000000295. The van der Waals surface area contributed by atoms with Crippen molar-refractivity contribution < 1.29 is 32.6 Å². The Labute approximate surface area is 335 Å². The molecule has 0 saturated heterocycles. The summed E-state index contributed by atoms with van der Waals surface area (Å²) in [6, 6.07) is 21.4. The third kappa shape index (κ3) is 11.5. The van der Waals surface area contributed by atoms with Crippen LogP contribution < -0.4 is 30.1 Å². The highest BCUT2D eigenvalue weighted by atomic mass is 32.2. The van der Waals surface area contributed by atoms with Gasteiger partial charge in [-0.25, -0.2) is 19.9 Å². The molecule has 17 heteroatoms. The highest BCUT2D eigenvalue weighted by Gasteiger charge is 2.12. The number of methoxy groups -OCH3 is 4. The maximum atomic E-state index is 12.4. The van der Waals surface area contributed by atoms with Crippen molar-refractivity contribution in [1.29, 1.82) is 0 Å². The number of hydrogen-bond donors (Lipinski definition) is 0. The van der Waals surface area contributed by atoms with Crippen LogP contribution in [0, 0.1) is 13.8 Å². The van der Waals surface area contributed by atoms with E-state index in [1.54, 1.807) is 74.1 Å². The van der Waals surface area contributed by atoms with Gasteiger partial charge in [-0.05, 0) is 79.8 Å². The molecule has 0 amide bonds. The number of rotatable bonds is 12. The molecule has 0 saturated carbocycles. The molecule has 57 heavy (non-hydrogen) atoms. The molecule has 0 spiro atoms. The number of aromatic nitrogens is 6. The molecule has 0 bridgehead atoms. The van der Waals surface area contributed by atoms with Crippen LogP contribution in [0.2, 0.25) is 0 Å². The highest BCUT2D eigenvalue weighted by molar-refractivity contribution is 7.98. The molecule has 0 aliphatic rings. The van der Waals surface area contributed by atoms with Gasteiger partial charge in [-0.3, -0.25) is 23.2 Å². The third-order valence-electron chi connectivity index (χ3n) is 8.27. The molecule has 0 fully saturated rings. The largest absolute Gasteiger partial charge is 0.493 e. The molecule has 4 aromatic heterocycles. The Morgan fingerprint density at radius 1 is 0.596 bits per heavy atom. The maximum absolute atomic E-state index is 12.4. The van der Waals surface area contributed by atoms with E-state index < -0.39 is 10.8 Å². The Morgan fingerprint density at radius 2 is 1.04 bits per heavy atom. The van der Waals surface area contributed by atoms with Crippen molar-refractivity contribution in [1.82, 2.24) is 29.1 Å². The highest BCUT2D eigenvalue weighted by Crippen LogP contribution is 2.29. The second-order valence-electron chi connectivity index (χ2n) is 12.2. The fraction of sp³-hybridized carbons (Fsp3) is 0.250. The van der Waals surface area contributed by atoms with Crippen molar-refractivity contribution in [2.75, 3.05) is 41.0 Å². The fourth-order valence-electron chi connectivity index (χ4n) is 5.56. The monoisotopic (exact) mass is 822 g/mol. The first-order chi connectivity index (χ1) is 26.4. The van der Waals surface area contributed by atoms with Crippen LogP contribution in [0.1, 0.15) is 22.5 Å². The normalized spacial score (nSPS) is 10.9. The second-order valence-corrected chi connectivity index (χ2v) is 14.2. The van der Waals surface area contributed by atoms with Crippen molar-refractivity contribution in [2.24, 2.45) is 0 Å². The van der Waals surface area contributed by atoms with E-state index in [2.05, 4.69) is 19.9 Å². The van der Waals surface area contributed by atoms with Gasteiger partial charge in [0.25, 0.3) is 11.1 Å². The second kappa shape index (κ2) is 20.8. The molecule has 1 unspecified atom stereocenters. The molecule has 0 radical (unpaired) electrons. The summed E-state index contributed by atoms with van der Waals surface area (Å²) in [6.07, 6.45) is 7.04. The van der Waals surface area contributed by atoms with Crippen molar-refractivity contribution in [3.63, 3.8) is 0 Å². The Morgan fingerprint density at radius 3 is 1.46 bits per heavy atom. The quantitative estimate of drug-likeness (QED) is 0.103. The first kappa shape index (κ1) is 45.4. The number of pyridine rings is 2. The summed E-state index contributed by atoms with van der Waals surface area (Å²) < 4.78 is 36.2. The van der Waals surface area contributed by atoms with Crippen LogP contribution in [0.4, 0.5) is 9.41 Å². The van der Waals surface area contributed by atoms with E-state index in [4.69, 9.17) is 18.9 Å². The number of benzene rings is 2. The molecule has 302 valence electrons. The molecular weight excluding hydrogens is 779 g/mol. The predicted molar refractivity (Wildman–Crippen MR) is 219 cm³/mol. The molecular formula is C40H44F2N6O7S2. The lowest BCUT2D eigenvalue weighted by molar-refractivity contribution is 0.354. The number of nitrogens with zero attached hydrogens (tertiary/aromatic N) is 6. The van der Waals surface area contributed by atoms with E-state index in [9.17, 15) is 13.8 Å². The zero-order valence-electron chi connectivity index (χ0n) is 32.7. The van der Waals surface area contributed by atoms with Crippen molar-refractivity contribution in [3.05, 3.63) is 128 Å². The number of ether oxygens (including phenoxy) is 4. The molecule has 0 N–H and O–H groups in total. The van der Waals surface area contributed by atoms with Crippen molar-refractivity contribution >= 4 is 22.6 Å². The summed E-state index contributed by atoms with van der Waals surface area (Å²) in [5.74, 6) is 2.52. The van der Waals surface area contributed by atoms with Crippen LogP contribution in [-0.4, -0.2) is 74.2 Å². The zero-order chi connectivity index (χ0) is 39.6. The summed E-state index contributed by atoms with van der Waals surface area (Å²) in [5, 5.41) is 0.982. The summed E-state index contributed by atoms with van der Waals surface area (Å²) >= 11 is 1.49. The average Bonchev–Trinajstić information content (AvgIpc) is 3.19. The van der Waals surface area contributed by atoms with Gasteiger partial charge in [0.05, 0.1) is 63.7 Å². The standard InChI is InChI=1S/C20H21N3O4S.C20H21N3O3S.2FH/c1-13-9-16(22-20(21-13)28(4)25)15-6-8-19(24)23(12-15)11-14-5-7-17(26-2)18(10-14)27-3;1-13-9-16(22-20(21-13)27-4)15-6-8-19(24)23(12-15)11-14-5-7-17(25-2)18(10-14)26-3;;/h5-10,12H,11H2,1-4H3;5-10,12H,11H2,1-4H3;2*1H. The van der Waals surface area contributed by atoms with Crippen molar-refractivity contribution in [3.8, 4) is 45.5 Å². The van der Waals surface area contributed by atoms with Crippen LogP contribution in [0.5, 0.6) is 23.0 Å². The van der Waals surface area contributed by atoms with Crippen LogP contribution in [0.3, 0.4) is 0 Å². The minimum atomic E-state index is -1.29. The lowest BCUT2D eigenvalue weighted by Gasteiger charge is -2.12. The number of hydrogen-bond acceptors (Lipinski definition) is 12. The number of thioether (sulfide) groups is 1. The van der Waals surface area contributed by atoms with Crippen LogP contribution in [0.25, 0.3) is 22.5 Å². The summed E-state index contributed by atoms with van der Waals surface area (Å²) in [5.41, 5.74) is 6.27. The molecule has 6 aromatic rings. The Kier molecular flexibility index (Phi) is 16.6. The predicted octanol–water partition coefficient (Wildman–Crippen LogP) is 6.12. The van der Waals surface area contributed by atoms with E-state index >= 15 is 0 Å². The van der Waals surface area contributed by atoms with Gasteiger partial charge < -0.3 is 28.1 Å². The van der Waals surface area contributed by atoms with Gasteiger partial charge >= 0.3 is 0 Å². The lowest BCUT2D eigenvalue weighted by atomic mass is 10.1. The fourth-order valence-corrected chi connectivity index (χ4v) is 6.49. The Bertz CT molecular complexity index is 2460. The summed E-state index contributed by atoms with van der Waals surface area (Å²) in [7, 11) is 5.05. The molecule has 6 rings (SSSR count). The van der Waals surface area contributed by atoms with E-state index in [0.29, 0.717) is 52.6 Å². The van der Waals surface area contributed by atoms with Gasteiger partial charge in [0, 0.05) is 53.3 Å². The molecule has 4 heterocycles. The number of halogens is 2. The first-order valence-corrected chi connectivity index (χ1v) is 19.7. The van der Waals surface area contributed by atoms with Gasteiger partial charge in [-0.1, -0.05) is 23.9 Å². The first-order valence-electron chi connectivity index (χ1n) is 16.9. The third-order valence-corrected chi connectivity index (χ3v) is 9.51. The van der Waals surface area contributed by atoms with Crippen LogP contribution >= 0.6 is 11.8 Å². The smallest absolute Gasteiger partial charge is 0.250 e. The topological polar surface area (TPSA) is 150 Å². The minimum absolute atomic E-state index is 0. The van der Waals surface area contributed by atoms with Gasteiger partial charge in [-0.15, -0.1) is 0 Å². The number of aryl methyl sites for hydroxylation is 2. The molecule has 13 nitrogen and oxygen atoms in total. The molecule has 1 atom stereocenters. The summed E-state index contributed by atoms with van der Waals surface area (Å²) in [4.78, 5) is 42.2. The maximum Gasteiger partial charge on any atom is 0.250 e. The SMILES string of the molecule is COc1ccc(Cn2cc(-c3cc(C)nc(S(C)=O)n3)ccc2=O)cc1OC.COc1ccc(Cn2cc(-c3cc(C)nc(SC)n3)ccc2=O)cc1OC.F.F. The van der Waals surface area contributed by atoms with Crippen molar-refractivity contribution in [2.45, 2.75) is 37.2 Å². The van der Waals surface area contributed by atoms with Gasteiger partial charge in [-0.2, -0.15) is 0 Å². The lowest BCUT2D eigenvalue weighted by Crippen LogP contribution is -2.19. The van der Waals surface area contributed by atoms with Gasteiger partial charge in [0.1, 0.15) is 0 Å². The molecule has 0 aliphatic heterocycles. The zero-order valence-corrected chi connectivity index (χ0v) is 34.3. The van der Waals surface area contributed by atoms with E-state index in [0.717, 1.165) is 33.6 Å². The summed E-state index contributed by atoms with van der Waals surface area (Å²) in [6.45, 7) is 4.54. The van der Waals surface area contributed by atoms with Crippen LogP contribution in [0.15, 0.2) is 105 Å². The van der Waals surface area contributed by atoms with Gasteiger partial charge in [0.15, 0.2) is 28.2 Å². The van der Waals surface area contributed by atoms with E-state index in [-0.39, 0.29) is 25.7 Å². The van der Waals surface area contributed by atoms with E-state index in [1.165, 1.54) is 24.1 Å². The average molecular weight is 823 g/mol. The van der Waals surface area contributed by atoms with E-state index in [1.807, 2.05) is 62.7 Å². The molecule has 2 aromatic carbocycles. The molecule has 0 aliphatic carbocycles. The van der Waals surface area contributed by atoms with Gasteiger partial charge in [0.2, 0.25) is 5.16 Å².